The van der Waals surface area contributed by atoms with Crippen LogP contribution in [0.4, 0.5) is 5.69 Å². The lowest BCUT2D eigenvalue weighted by Gasteiger charge is -2.33. The molecule has 0 spiro atoms. The van der Waals surface area contributed by atoms with Crippen molar-refractivity contribution in [2.24, 2.45) is 11.5 Å². The minimum atomic E-state index is -0.411. The number of benzene rings is 1. The number of primary amides is 1. The van der Waals surface area contributed by atoms with E-state index in [2.05, 4.69) is 20.8 Å². The average molecular weight is 298 g/mol. The van der Waals surface area contributed by atoms with Crippen LogP contribution in [-0.2, 0) is 0 Å². The second-order valence-electron chi connectivity index (χ2n) is 4.35. The highest BCUT2D eigenvalue weighted by molar-refractivity contribution is 9.10. The summed E-state index contributed by atoms with van der Waals surface area (Å²) in [6.45, 7) is 1.70. The van der Waals surface area contributed by atoms with Crippen LogP contribution in [0.25, 0.3) is 0 Å². The number of hydrogen-bond donors (Lipinski definition) is 2. The maximum absolute atomic E-state index is 11.5. The van der Waals surface area contributed by atoms with Crippen LogP contribution >= 0.6 is 15.9 Å². The van der Waals surface area contributed by atoms with E-state index in [1.165, 1.54) is 0 Å². The van der Waals surface area contributed by atoms with E-state index in [4.69, 9.17) is 11.5 Å². The highest BCUT2D eigenvalue weighted by atomic mass is 79.9. The fourth-order valence-corrected chi connectivity index (χ4v) is 2.80. The summed E-state index contributed by atoms with van der Waals surface area (Å²) < 4.78 is 0.738. The fraction of sp³-hybridized carbons (Fsp3) is 0.417. The molecule has 1 aromatic carbocycles. The van der Waals surface area contributed by atoms with Gasteiger partial charge in [0.2, 0.25) is 0 Å². The molecule has 1 heterocycles. The Bertz CT molecular complexity index is 436. The molecule has 4 nitrogen and oxygen atoms in total. The van der Waals surface area contributed by atoms with Gasteiger partial charge in [0, 0.05) is 23.6 Å². The third-order valence-corrected chi connectivity index (χ3v) is 3.70. The van der Waals surface area contributed by atoms with Gasteiger partial charge in [-0.05, 0) is 40.9 Å². The zero-order chi connectivity index (χ0) is 12.4. The molecule has 1 aliphatic heterocycles. The van der Waals surface area contributed by atoms with Crippen molar-refractivity contribution in [2.75, 3.05) is 18.0 Å². The second kappa shape index (κ2) is 5.06. The number of halogens is 1. The van der Waals surface area contributed by atoms with Gasteiger partial charge in [0.05, 0.1) is 11.3 Å². The van der Waals surface area contributed by atoms with E-state index >= 15 is 0 Å². The monoisotopic (exact) mass is 297 g/mol. The van der Waals surface area contributed by atoms with Gasteiger partial charge in [-0.3, -0.25) is 4.79 Å². The molecule has 1 unspecified atom stereocenters. The van der Waals surface area contributed by atoms with E-state index in [0.29, 0.717) is 5.56 Å². The van der Waals surface area contributed by atoms with Gasteiger partial charge < -0.3 is 16.4 Å². The first-order chi connectivity index (χ1) is 8.09. The lowest BCUT2D eigenvalue weighted by atomic mass is 10.0. The van der Waals surface area contributed by atoms with Crippen molar-refractivity contribution < 1.29 is 4.79 Å². The van der Waals surface area contributed by atoms with Crippen LogP contribution in [0.3, 0.4) is 0 Å². The van der Waals surface area contributed by atoms with Gasteiger partial charge in [-0.2, -0.15) is 0 Å². The Hall–Kier alpha value is -1.07. The maximum Gasteiger partial charge on any atom is 0.251 e. The molecule has 2 rings (SSSR count). The Labute approximate surface area is 109 Å². The number of amides is 1. The van der Waals surface area contributed by atoms with Crippen LogP contribution in [0.1, 0.15) is 23.2 Å². The number of rotatable bonds is 2. The van der Waals surface area contributed by atoms with Crippen LogP contribution in [0.15, 0.2) is 22.7 Å². The van der Waals surface area contributed by atoms with Gasteiger partial charge in [0.15, 0.2) is 0 Å². The first-order valence-corrected chi connectivity index (χ1v) is 6.47. The zero-order valence-corrected chi connectivity index (χ0v) is 11.1. The number of anilines is 1. The van der Waals surface area contributed by atoms with Crippen molar-refractivity contribution >= 4 is 27.5 Å². The third-order valence-electron chi connectivity index (χ3n) is 3.04. The van der Waals surface area contributed by atoms with Gasteiger partial charge >= 0.3 is 0 Å². The van der Waals surface area contributed by atoms with Crippen molar-refractivity contribution in [2.45, 2.75) is 18.9 Å². The van der Waals surface area contributed by atoms with Gasteiger partial charge in [0.25, 0.3) is 5.91 Å². The second-order valence-corrected chi connectivity index (χ2v) is 5.20. The molecule has 92 valence electrons. The molecule has 0 radical (unpaired) electrons. The van der Waals surface area contributed by atoms with Crippen molar-refractivity contribution in [3.63, 3.8) is 0 Å². The summed E-state index contributed by atoms with van der Waals surface area (Å²) in [5, 5.41) is 0. The molecule has 0 saturated carbocycles. The molecule has 0 aromatic heterocycles. The Morgan fingerprint density at radius 3 is 2.88 bits per heavy atom. The zero-order valence-electron chi connectivity index (χ0n) is 9.53. The Morgan fingerprint density at radius 1 is 1.47 bits per heavy atom. The van der Waals surface area contributed by atoms with E-state index in [9.17, 15) is 4.79 Å². The summed E-state index contributed by atoms with van der Waals surface area (Å²) in [6.07, 6.45) is 2.09. The number of carbonyl (C=O) groups is 1. The summed E-state index contributed by atoms with van der Waals surface area (Å²) in [5.74, 6) is -0.411. The van der Waals surface area contributed by atoms with Gasteiger partial charge in [0.1, 0.15) is 0 Å². The molecule has 1 aliphatic rings. The van der Waals surface area contributed by atoms with Crippen molar-refractivity contribution in [3.8, 4) is 0 Å². The van der Waals surface area contributed by atoms with E-state index < -0.39 is 5.91 Å². The average Bonchev–Trinajstić information content (AvgIpc) is 2.28. The molecular weight excluding hydrogens is 282 g/mol. The Morgan fingerprint density at radius 2 is 2.24 bits per heavy atom. The summed E-state index contributed by atoms with van der Waals surface area (Å²) in [4.78, 5) is 13.6. The van der Waals surface area contributed by atoms with E-state index in [0.717, 1.165) is 36.1 Å². The minimum Gasteiger partial charge on any atom is -0.369 e. The first-order valence-electron chi connectivity index (χ1n) is 5.68. The van der Waals surface area contributed by atoms with Crippen molar-refractivity contribution in [1.82, 2.24) is 0 Å². The van der Waals surface area contributed by atoms with Crippen LogP contribution in [-0.4, -0.2) is 25.0 Å². The molecule has 4 N–H and O–H groups in total. The molecule has 0 aliphatic carbocycles. The number of nitrogens with two attached hydrogens (primary N) is 2. The maximum atomic E-state index is 11.5. The van der Waals surface area contributed by atoms with Crippen molar-refractivity contribution in [3.05, 3.63) is 28.2 Å². The Balaban J connectivity index is 2.37. The summed E-state index contributed by atoms with van der Waals surface area (Å²) in [5.41, 5.74) is 12.8. The molecule has 1 saturated heterocycles. The Kier molecular flexibility index (Phi) is 3.69. The minimum absolute atomic E-state index is 0.170. The fourth-order valence-electron chi connectivity index (χ4n) is 2.25. The topological polar surface area (TPSA) is 72.4 Å². The van der Waals surface area contributed by atoms with Crippen LogP contribution < -0.4 is 16.4 Å². The normalized spacial score (nSPS) is 20.4. The number of carbonyl (C=O) groups excluding carboxylic acids is 1. The van der Waals surface area contributed by atoms with E-state index in [1.54, 1.807) is 0 Å². The number of hydrogen-bond acceptors (Lipinski definition) is 3. The van der Waals surface area contributed by atoms with Gasteiger partial charge in [-0.1, -0.05) is 6.07 Å². The standard InChI is InChI=1S/C12H16BrN3O/c13-9-4-1-5-10(11(9)12(15)17)16-6-2-3-8(14)7-16/h1,4-5,8H,2-3,6-7,14H2,(H2,15,17). The number of nitrogens with zero attached hydrogens (tertiary/aromatic N) is 1. The largest absolute Gasteiger partial charge is 0.369 e. The van der Waals surface area contributed by atoms with Crippen molar-refractivity contribution in [1.29, 1.82) is 0 Å². The van der Waals surface area contributed by atoms with Crippen LogP contribution in [0.2, 0.25) is 0 Å². The van der Waals surface area contributed by atoms with E-state index in [1.807, 2.05) is 18.2 Å². The lowest BCUT2D eigenvalue weighted by Crippen LogP contribution is -2.43. The highest BCUT2D eigenvalue weighted by Gasteiger charge is 2.22. The third kappa shape index (κ3) is 2.61. The molecule has 1 aromatic rings. The molecule has 1 fully saturated rings. The molecule has 17 heavy (non-hydrogen) atoms. The lowest BCUT2D eigenvalue weighted by molar-refractivity contribution is 0.1000. The first kappa shape index (κ1) is 12.4. The predicted molar refractivity (Wildman–Crippen MR) is 72.1 cm³/mol. The summed E-state index contributed by atoms with van der Waals surface area (Å²) >= 11 is 3.37. The van der Waals surface area contributed by atoms with Crippen LogP contribution in [0, 0.1) is 0 Å². The molecule has 1 atom stereocenters. The van der Waals surface area contributed by atoms with Gasteiger partial charge in [-0.15, -0.1) is 0 Å². The smallest absolute Gasteiger partial charge is 0.251 e. The number of piperidine rings is 1. The summed E-state index contributed by atoms with van der Waals surface area (Å²) in [6, 6.07) is 5.82. The van der Waals surface area contributed by atoms with E-state index in [-0.39, 0.29) is 6.04 Å². The molecule has 1 amide bonds. The van der Waals surface area contributed by atoms with Gasteiger partial charge in [-0.25, -0.2) is 0 Å². The molecule has 5 heteroatoms. The highest BCUT2D eigenvalue weighted by Crippen LogP contribution is 2.29. The molecule has 0 bridgehead atoms. The quantitative estimate of drug-likeness (QED) is 0.868. The SMILES string of the molecule is NC(=O)c1c(Br)cccc1N1CCCC(N)C1. The summed E-state index contributed by atoms with van der Waals surface area (Å²) in [7, 11) is 0. The van der Waals surface area contributed by atoms with Crippen LogP contribution in [0.5, 0.6) is 0 Å². The molecular formula is C12H16BrN3O. The predicted octanol–water partition coefficient (Wildman–Crippen LogP) is 1.48.